The molecule has 0 saturated heterocycles. The molecule has 0 N–H and O–H groups in total. The summed E-state index contributed by atoms with van der Waals surface area (Å²) in [6.45, 7) is 10.5. The third kappa shape index (κ3) is 2.57. The number of alkyl halides is 1. The lowest BCUT2D eigenvalue weighted by atomic mass is 10.1. The summed E-state index contributed by atoms with van der Waals surface area (Å²) < 4.78 is 2.23. The first-order valence-corrected chi connectivity index (χ1v) is 8.06. The molecule has 1 unspecified atom stereocenters. The number of thiophene rings is 1. The SMILES string of the molecule is Cc1cc(C(C)n2c(C)cc(C(=O)CCl)c2C)c(C)s1. The summed E-state index contributed by atoms with van der Waals surface area (Å²) in [5.41, 5.74) is 4.18. The third-order valence-electron chi connectivity index (χ3n) is 3.82. The second kappa shape index (κ2) is 5.74. The summed E-state index contributed by atoms with van der Waals surface area (Å²) >= 11 is 7.51. The molecule has 2 heterocycles. The molecule has 0 amide bonds. The van der Waals surface area contributed by atoms with Gasteiger partial charge in [-0.1, -0.05) is 0 Å². The van der Waals surface area contributed by atoms with E-state index in [1.807, 2.05) is 31.3 Å². The van der Waals surface area contributed by atoms with Crippen molar-refractivity contribution in [3.05, 3.63) is 44.4 Å². The number of aromatic nitrogens is 1. The molecule has 0 saturated carbocycles. The number of hydrogen-bond donors (Lipinski definition) is 0. The Morgan fingerprint density at radius 2 is 1.95 bits per heavy atom. The van der Waals surface area contributed by atoms with Gasteiger partial charge in [-0.15, -0.1) is 22.9 Å². The Kier molecular flexibility index (Phi) is 4.40. The van der Waals surface area contributed by atoms with Crippen LogP contribution >= 0.6 is 22.9 Å². The first-order chi connectivity index (χ1) is 9.36. The second-order valence-corrected chi connectivity index (χ2v) is 6.98. The molecule has 2 aromatic heterocycles. The fraction of sp³-hybridized carbons (Fsp3) is 0.438. The molecule has 2 nitrogen and oxygen atoms in total. The minimum Gasteiger partial charge on any atom is -0.341 e. The standard InChI is InChI=1S/C16H20ClNOS/c1-9-6-15(16(19)8-17)12(4)18(9)11(3)14-7-10(2)20-13(14)5/h6-7,11H,8H2,1-5H3. The molecular weight excluding hydrogens is 290 g/mol. The van der Waals surface area contributed by atoms with Crippen LogP contribution in [0.3, 0.4) is 0 Å². The number of ketones is 1. The van der Waals surface area contributed by atoms with E-state index in [4.69, 9.17) is 11.6 Å². The van der Waals surface area contributed by atoms with Crippen LogP contribution in [-0.2, 0) is 0 Å². The van der Waals surface area contributed by atoms with E-state index in [0.29, 0.717) is 0 Å². The molecule has 2 aromatic rings. The number of hydrogen-bond acceptors (Lipinski definition) is 2. The largest absolute Gasteiger partial charge is 0.341 e. The number of carbonyl (C=O) groups is 1. The van der Waals surface area contributed by atoms with E-state index in [0.717, 1.165) is 17.0 Å². The number of rotatable bonds is 4. The maximum absolute atomic E-state index is 11.9. The minimum atomic E-state index is -0.00330. The molecule has 1 atom stereocenters. The van der Waals surface area contributed by atoms with Crippen molar-refractivity contribution in [3.63, 3.8) is 0 Å². The molecule has 0 aliphatic carbocycles. The van der Waals surface area contributed by atoms with Gasteiger partial charge in [0.1, 0.15) is 0 Å². The van der Waals surface area contributed by atoms with Crippen molar-refractivity contribution >= 4 is 28.7 Å². The maximum Gasteiger partial charge on any atom is 0.179 e. The lowest BCUT2D eigenvalue weighted by Gasteiger charge is -2.19. The highest BCUT2D eigenvalue weighted by molar-refractivity contribution is 7.12. The fourth-order valence-corrected chi connectivity index (χ4v) is 4.09. The number of carbonyl (C=O) groups excluding carboxylic acids is 1. The Morgan fingerprint density at radius 3 is 2.45 bits per heavy atom. The molecule has 20 heavy (non-hydrogen) atoms. The molecular formula is C16H20ClNOS. The van der Waals surface area contributed by atoms with Gasteiger partial charge in [0, 0.05) is 26.7 Å². The van der Waals surface area contributed by atoms with Gasteiger partial charge in [-0.3, -0.25) is 4.79 Å². The highest BCUT2D eigenvalue weighted by atomic mass is 35.5. The molecule has 4 heteroatoms. The molecule has 0 aliphatic heterocycles. The van der Waals surface area contributed by atoms with Crippen molar-refractivity contribution in [3.8, 4) is 0 Å². The van der Waals surface area contributed by atoms with Crippen LogP contribution in [0.15, 0.2) is 12.1 Å². The topological polar surface area (TPSA) is 22.0 Å². The van der Waals surface area contributed by atoms with Crippen molar-refractivity contribution in [2.75, 3.05) is 5.88 Å². The van der Waals surface area contributed by atoms with Gasteiger partial charge in [0.25, 0.3) is 0 Å². The monoisotopic (exact) mass is 309 g/mol. The van der Waals surface area contributed by atoms with Crippen molar-refractivity contribution in [2.24, 2.45) is 0 Å². The summed E-state index contributed by atoms with van der Waals surface area (Å²) in [5.74, 6) is 0.0337. The summed E-state index contributed by atoms with van der Waals surface area (Å²) in [5, 5.41) is 0. The molecule has 0 aromatic carbocycles. The molecule has 0 aliphatic rings. The summed E-state index contributed by atoms with van der Waals surface area (Å²) in [7, 11) is 0. The van der Waals surface area contributed by atoms with Crippen LogP contribution in [0, 0.1) is 27.7 Å². The van der Waals surface area contributed by atoms with E-state index in [1.54, 1.807) is 0 Å². The highest BCUT2D eigenvalue weighted by Gasteiger charge is 2.20. The molecule has 0 fully saturated rings. The smallest absolute Gasteiger partial charge is 0.179 e. The van der Waals surface area contributed by atoms with Gasteiger partial charge in [0.05, 0.1) is 11.9 Å². The van der Waals surface area contributed by atoms with Crippen LogP contribution in [0.2, 0.25) is 0 Å². The molecule has 108 valence electrons. The Morgan fingerprint density at radius 1 is 1.30 bits per heavy atom. The van der Waals surface area contributed by atoms with Gasteiger partial charge in [-0.2, -0.15) is 0 Å². The summed E-state index contributed by atoms with van der Waals surface area (Å²) in [4.78, 5) is 14.6. The van der Waals surface area contributed by atoms with Gasteiger partial charge in [0.15, 0.2) is 5.78 Å². The zero-order valence-corrected chi connectivity index (χ0v) is 14.2. The average molecular weight is 310 g/mol. The summed E-state index contributed by atoms with van der Waals surface area (Å²) in [6, 6.07) is 4.43. The van der Waals surface area contributed by atoms with E-state index >= 15 is 0 Å². The molecule has 2 rings (SSSR count). The van der Waals surface area contributed by atoms with Crippen LogP contribution in [0.5, 0.6) is 0 Å². The first kappa shape index (κ1) is 15.3. The molecule has 0 radical (unpaired) electrons. The fourth-order valence-electron chi connectivity index (χ4n) is 2.93. The lowest BCUT2D eigenvalue weighted by Crippen LogP contribution is -2.11. The third-order valence-corrected chi connectivity index (χ3v) is 5.05. The Bertz CT molecular complexity index is 654. The van der Waals surface area contributed by atoms with Crippen molar-refractivity contribution in [2.45, 2.75) is 40.7 Å². The van der Waals surface area contributed by atoms with E-state index in [9.17, 15) is 4.79 Å². The van der Waals surface area contributed by atoms with Gasteiger partial charge in [-0.05, 0) is 52.3 Å². The number of aryl methyl sites for hydroxylation is 3. The van der Waals surface area contributed by atoms with Crippen molar-refractivity contribution in [1.82, 2.24) is 4.57 Å². The van der Waals surface area contributed by atoms with Gasteiger partial charge < -0.3 is 4.57 Å². The Labute approximate surface area is 129 Å². The first-order valence-electron chi connectivity index (χ1n) is 6.71. The predicted molar refractivity (Wildman–Crippen MR) is 86.6 cm³/mol. The van der Waals surface area contributed by atoms with Gasteiger partial charge in [0.2, 0.25) is 0 Å². The highest BCUT2D eigenvalue weighted by Crippen LogP contribution is 2.31. The van der Waals surface area contributed by atoms with Crippen LogP contribution in [0.4, 0.5) is 0 Å². The van der Waals surface area contributed by atoms with Crippen molar-refractivity contribution < 1.29 is 4.79 Å². The van der Waals surface area contributed by atoms with Crippen LogP contribution in [0.1, 0.15) is 50.0 Å². The van der Waals surface area contributed by atoms with E-state index in [-0.39, 0.29) is 17.7 Å². The number of Topliss-reactive ketones (excluding diaryl/α,β-unsaturated/α-hetero) is 1. The van der Waals surface area contributed by atoms with Crippen LogP contribution in [0.25, 0.3) is 0 Å². The Balaban J connectivity index is 2.50. The van der Waals surface area contributed by atoms with Gasteiger partial charge >= 0.3 is 0 Å². The quantitative estimate of drug-likeness (QED) is 0.586. The summed E-state index contributed by atoms with van der Waals surface area (Å²) in [6.07, 6.45) is 0. The van der Waals surface area contributed by atoms with Gasteiger partial charge in [-0.25, -0.2) is 0 Å². The second-order valence-electron chi connectivity index (χ2n) is 5.26. The zero-order valence-electron chi connectivity index (χ0n) is 12.6. The predicted octanol–water partition coefficient (Wildman–Crippen LogP) is 4.81. The molecule has 0 spiro atoms. The van der Waals surface area contributed by atoms with Crippen molar-refractivity contribution in [1.29, 1.82) is 0 Å². The van der Waals surface area contributed by atoms with E-state index in [2.05, 4.69) is 31.4 Å². The lowest BCUT2D eigenvalue weighted by molar-refractivity contribution is 0.102. The zero-order chi connectivity index (χ0) is 15.0. The van der Waals surface area contributed by atoms with Crippen LogP contribution < -0.4 is 0 Å². The average Bonchev–Trinajstić information content (AvgIpc) is 2.87. The normalized spacial score (nSPS) is 12.7. The number of halogens is 1. The minimum absolute atomic E-state index is 0.00330. The van der Waals surface area contributed by atoms with E-state index < -0.39 is 0 Å². The van der Waals surface area contributed by atoms with E-state index in [1.165, 1.54) is 15.3 Å². The number of nitrogens with zero attached hydrogens (tertiary/aromatic N) is 1. The van der Waals surface area contributed by atoms with Crippen LogP contribution in [-0.4, -0.2) is 16.2 Å². The Hall–Kier alpha value is -1.06. The maximum atomic E-state index is 11.9. The molecule has 0 bridgehead atoms.